The Labute approximate surface area is 111 Å². The molecule has 3 rings (SSSR count). The lowest BCUT2D eigenvalue weighted by molar-refractivity contribution is 0.821. The van der Waals surface area contributed by atoms with E-state index in [2.05, 4.69) is 30.2 Å². The number of aromatic nitrogens is 7. The molecule has 0 aliphatic rings. The predicted molar refractivity (Wildman–Crippen MR) is 65.8 cm³/mol. The highest BCUT2D eigenvalue weighted by Crippen LogP contribution is 2.30. The minimum Gasteiger partial charge on any atom is -0.262 e. The van der Waals surface area contributed by atoms with Crippen LogP contribution < -0.4 is 0 Å². The third kappa shape index (κ3) is 1.83. The van der Waals surface area contributed by atoms with Gasteiger partial charge in [-0.05, 0) is 25.6 Å². The van der Waals surface area contributed by atoms with Crippen LogP contribution in [0, 0.1) is 13.8 Å². The van der Waals surface area contributed by atoms with Crippen molar-refractivity contribution < 1.29 is 0 Å². The van der Waals surface area contributed by atoms with Gasteiger partial charge in [0.25, 0.3) is 5.78 Å². The Hall–Kier alpha value is -1.67. The van der Waals surface area contributed by atoms with Crippen LogP contribution in [0.4, 0.5) is 0 Å². The lowest BCUT2D eigenvalue weighted by Gasteiger charge is -2.05. The molecule has 1 N–H and O–H groups in total. The van der Waals surface area contributed by atoms with Crippen molar-refractivity contribution in [2.75, 3.05) is 0 Å². The van der Waals surface area contributed by atoms with Gasteiger partial charge in [-0.15, -0.1) is 5.10 Å². The maximum absolute atomic E-state index is 6.07. The van der Waals surface area contributed by atoms with Crippen LogP contribution in [0.5, 0.6) is 0 Å². The molecule has 0 atom stereocenters. The van der Waals surface area contributed by atoms with E-state index < -0.39 is 0 Å². The minimum atomic E-state index is 0.408. The van der Waals surface area contributed by atoms with Crippen LogP contribution in [0.15, 0.2) is 16.5 Å². The number of hydrogen-bond donors (Lipinski definition) is 1. The van der Waals surface area contributed by atoms with Gasteiger partial charge in [-0.2, -0.15) is 19.6 Å². The fourth-order valence-electron chi connectivity index (χ4n) is 1.45. The molecule has 0 fully saturated rings. The third-order valence-electron chi connectivity index (χ3n) is 2.32. The Morgan fingerprint density at radius 2 is 2.17 bits per heavy atom. The summed E-state index contributed by atoms with van der Waals surface area (Å²) in [5.74, 6) is 1.21. The molecule has 3 aromatic rings. The summed E-state index contributed by atoms with van der Waals surface area (Å²) >= 11 is 7.43. The lowest BCUT2D eigenvalue weighted by atomic mass is 10.4. The molecule has 0 radical (unpaired) electrons. The first-order chi connectivity index (χ1) is 8.65. The summed E-state index contributed by atoms with van der Waals surface area (Å²) in [5.41, 5.74) is 0.821. The van der Waals surface area contributed by atoms with Crippen molar-refractivity contribution in [2.24, 2.45) is 0 Å². The molecule has 0 aromatic carbocycles. The van der Waals surface area contributed by atoms with Crippen LogP contribution in [0.1, 0.15) is 11.4 Å². The van der Waals surface area contributed by atoms with Crippen molar-refractivity contribution >= 4 is 29.1 Å². The molecule has 0 aliphatic carbocycles. The number of nitrogens with zero attached hydrogens (tertiary/aromatic N) is 6. The van der Waals surface area contributed by atoms with Gasteiger partial charge >= 0.3 is 0 Å². The molecule has 0 amide bonds. The summed E-state index contributed by atoms with van der Waals surface area (Å²) in [4.78, 5) is 12.4. The number of rotatable bonds is 2. The molecule has 18 heavy (non-hydrogen) atoms. The Morgan fingerprint density at radius 1 is 1.33 bits per heavy atom. The first-order valence-electron chi connectivity index (χ1n) is 5.08. The van der Waals surface area contributed by atoms with E-state index >= 15 is 0 Å². The zero-order chi connectivity index (χ0) is 12.7. The van der Waals surface area contributed by atoms with Crippen molar-refractivity contribution in [3.05, 3.63) is 22.9 Å². The fourth-order valence-corrected chi connectivity index (χ4v) is 2.58. The number of hydrogen-bond acceptors (Lipinski definition) is 6. The maximum Gasteiger partial charge on any atom is 0.254 e. The average molecular weight is 282 g/mol. The normalized spacial score (nSPS) is 11.3. The Balaban J connectivity index is 2.15. The van der Waals surface area contributed by atoms with E-state index in [4.69, 9.17) is 11.6 Å². The van der Waals surface area contributed by atoms with E-state index in [-0.39, 0.29) is 0 Å². The number of H-pyrrole nitrogens is 1. The smallest absolute Gasteiger partial charge is 0.254 e. The monoisotopic (exact) mass is 281 g/mol. The maximum atomic E-state index is 6.07. The van der Waals surface area contributed by atoms with Crippen molar-refractivity contribution in [1.82, 2.24) is 34.8 Å². The number of nitrogens with one attached hydrogen (secondary N) is 1. The van der Waals surface area contributed by atoms with Crippen molar-refractivity contribution in [1.29, 1.82) is 0 Å². The highest BCUT2D eigenvalue weighted by molar-refractivity contribution is 7.99. The molecule has 0 saturated heterocycles. The highest BCUT2D eigenvalue weighted by atomic mass is 35.5. The molecule has 7 nitrogen and oxygen atoms in total. The number of aryl methyl sites for hydroxylation is 1. The van der Waals surface area contributed by atoms with Gasteiger partial charge in [-0.3, -0.25) is 5.10 Å². The molecule has 9 heteroatoms. The molecule has 0 spiro atoms. The standard InChI is InChI=1S/C9H8ClN7S/c1-4-6(10)14-8-11-3-12-17(8)7(4)18-9-13-5(2)15-16-9/h3H,1-2H3,(H,13,15,16). The number of halogens is 1. The van der Waals surface area contributed by atoms with Gasteiger partial charge in [0, 0.05) is 5.56 Å². The Bertz CT molecular complexity index is 719. The van der Waals surface area contributed by atoms with Gasteiger partial charge in [-0.25, -0.2) is 4.98 Å². The molecule has 3 aromatic heterocycles. The summed E-state index contributed by atoms with van der Waals surface area (Å²) in [6.07, 6.45) is 1.44. The molecule has 0 bridgehead atoms. The van der Waals surface area contributed by atoms with Crippen LogP contribution >= 0.6 is 23.4 Å². The number of fused-ring (bicyclic) bond motifs is 1. The van der Waals surface area contributed by atoms with E-state index in [1.165, 1.54) is 18.1 Å². The first-order valence-corrected chi connectivity index (χ1v) is 6.27. The van der Waals surface area contributed by atoms with Gasteiger partial charge < -0.3 is 0 Å². The third-order valence-corrected chi connectivity index (χ3v) is 3.72. The van der Waals surface area contributed by atoms with Gasteiger partial charge in [0.05, 0.1) is 0 Å². The van der Waals surface area contributed by atoms with Crippen LogP contribution in [0.3, 0.4) is 0 Å². The van der Waals surface area contributed by atoms with Gasteiger partial charge in [0.1, 0.15) is 22.3 Å². The zero-order valence-corrected chi connectivity index (χ0v) is 11.1. The summed E-state index contributed by atoms with van der Waals surface area (Å²) in [6, 6.07) is 0. The average Bonchev–Trinajstić information content (AvgIpc) is 2.93. The van der Waals surface area contributed by atoms with E-state index in [1.54, 1.807) is 4.52 Å². The van der Waals surface area contributed by atoms with E-state index in [1.807, 2.05) is 13.8 Å². The quantitative estimate of drug-likeness (QED) is 0.719. The topological polar surface area (TPSA) is 84.7 Å². The van der Waals surface area contributed by atoms with Gasteiger partial charge in [0.15, 0.2) is 0 Å². The molecule has 0 unspecified atom stereocenters. The summed E-state index contributed by atoms with van der Waals surface area (Å²) < 4.78 is 1.62. The van der Waals surface area contributed by atoms with E-state index in [0.717, 1.165) is 16.4 Å². The second kappa shape index (κ2) is 4.21. The molecule has 0 saturated carbocycles. The fraction of sp³-hybridized carbons (Fsp3) is 0.222. The van der Waals surface area contributed by atoms with Crippen molar-refractivity contribution in [2.45, 2.75) is 24.0 Å². The molecule has 0 aliphatic heterocycles. The molecular formula is C9H8ClN7S. The SMILES string of the molecule is Cc1nc(Sc2c(C)c(Cl)nc3ncnn23)n[nH]1. The lowest BCUT2D eigenvalue weighted by Crippen LogP contribution is -2.00. The molecule has 3 heterocycles. The highest BCUT2D eigenvalue weighted by Gasteiger charge is 2.15. The van der Waals surface area contributed by atoms with E-state index in [9.17, 15) is 0 Å². The van der Waals surface area contributed by atoms with Gasteiger partial charge in [-0.1, -0.05) is 11.6 Å². The Kier molecular flexibility index (Phi) is 2.67. The summed E-state index contributed by atoms with van der Waals surface area (Å²) in [7, 11) is 0. The Morgan fingerprint density at radius 3 is 2.89 bits per heavy atom. The van der Waals surface area contributed by atoms with Crippen LogP contribution in [0.2, 0.25) is 5.15 Å². The first kappa shape index (κ1) is 11.4. The second-order valence-electron chi connectivity index (χ2n) is 3.61. The van der Waals surface area contributed by atoms with Crippen molar-refractivity contribution in [3.8, 4) is 0 Å². The number of aromatic amines is 1. The second-order valence-corrected chi connectivity index (χ2v) is 4.92. The molecule has 92 valence electrons. The largest absolute Gasteiger partial charge is 0.262 e. The van der Waals surface area contributed by atoms with Crippen LogP contribution in [-0.2, 0) is 0 Å². The van der Waals surface area contributed by atoms with E-state index in [0.29, 0.717) is 16.1 Å². The van der Waals surface area contributed by atoms with Crippen LogP contribution in [-0.4, -0.2) is 34.8 Å². The summed E-state index contributed by atoms with van der Waals surface area (Å²) in [5, 5.41) is 12.8. The van der Waals surface area contributed by atoms with Crippen molar-refractivity contribution in [3.63, 3.8) is 0 Å². The molecular weight excluding hydrogens is 274 g/mol. The zero-order valence-electron chi connectivity index (χ0n) is 9.55. The minimum absolute atomic E-state index is 0.408. The van der Waals surface area contributed by atoms with Gasteiger partial charge in [0.2, 0.25) is 5.16 Å². The van der Waals surface area contributed by atoms with Crippen LogP contribution in [0.25, 0.3) is 5.78 Å². The summed E-state index contributed by atoms with van der Waals surface area (Å²) in [6.45, 7) is 3.72. The predicted octanol–water partition coefficient (Wildman–Crippen LogP) is 1.66.